The average Bonchev–Trinajstić information content (AvgIpc) is 2.33. The van der Waals surface area contributed by atoms with Crippen LogP contribution in [0.5, 0.6) is 0 Å². The number of anilines is 1. The van der Waals surface area contributed by atoms with Gasteiger partial charge in [0.05, 0.1) is 5.56 Å². The lowest BCUT2D eigenvalue weighted by atomic mass is 9.85. The van der Waals surface area contributed by atoms with E-state index in [9.17, 15) is 4.79 Å². The first-order valence-electron chi connectivity index (χ1n) is 7.21. The van der Waals surface area contributed by atoms with E-state index in [0.717, 1.165) is 24.3 Å². The normalized spacial score (nSPS) is 14.9. The number of hydrogen-bond acceptors (Lipinski definition) is 2. The van der Waals surface area contributed by atoms with Crippen LogP contribution >= 0.6 is 0 Å². The van der Waals surface area contributed by atoms with Crippen molar-refractivity contribution in [2.24, 2.45) is 5.92 Å². The fraction of sp³-hybridized carbons (Fsp3) is 0.562. The number of amides is 1. The number of hydrogen-bond donors (Lipinski definition) is 1. The zero-order valence-electron chi connectivity index (χ0n) is 12.2. The Balaban J connectivity index is 2.12. The van der Waals surface area contributed by atoms with Gasteiger partial charge in [0.15, 0.2) is 0 Å². The van der Waals surface area contributed by atoms with Crippen molar-refractivity contribution in [2.45, 2.75) is 33.1 Å². The minimum absolute atomic E-state index is 0.128. The molecule has 0 radical (unpaired) electrons. The van der Waals surface area contributed by atoms with Crippen molar-refractivity contribution in [1.29, 1.82) is 0 Å². The largest absolute Gasteiger partial charge is 0.385 e. The maximum Gasteiger partial charge on any atom is 0.255 e. The topological polar surface area (TPSA) is 32.3 Å². The highest BCUT2D eigenvalue weighted by atomic mass is 16.2. The van der Waals surface area contributed by atoms with Gasteiger partial charge in [-0.3, -0.25) is 4.79 Å². The third kappa shape index (κ3) is 3.28. The van der Waals surface area contributed by atoms with Gasteiger partial charge in [0, 0.05) is 25.8 Å². The van der Waals surface area contributed by atoms with Crippen LogP contribution in [0.1, 0.15) is 42.1 Å². The second kappa shape index (κ2) is 6.09. The number of carbonyl (C=O) groups is 1. The van der Waals surface area contributed by atoms with Crippen LogP contribution in [0, 0.1) is 12.8 Å². The summed E-state index contributed by atoms with van der Waals surface area (Å²) >= 11 is 0. The molecule has 1 aliphatic rings. The van der Waals surface area contributed by atoms with E-state index in [1.807, 2.05) is 37.1 Å². The molecular formula is C16H24N2O. The van der Waals surface area contributed by atoms with Gasteiger partial charge in [-0.05, 0) is 50.3 Å². The molecule has 0 heterocycles. The summed E-state index contributed by atoms with van der Waals surface area (Å²) < 4.78 is 0. The van der Waals surface area contributed by atoms with Crippen molar-refractivity contribution >= 4 is 11.6 Å². The van der Waals surface area contributed by atoms with Crippen LogP contribution in [0.2, 0.25) is 0 Å². The molecule has 0 saturated heterocycles. The van der Waals surface area contributed by atoms with Crippen molar-refractivity contribution in [3.63, 3.8) is 0 Å². The van der Waals surface area contributed by atoms with Crippen LogP contribution in [-0.2, 0) is 0 Å². The van der Waals surface area contributed by atoms with Crippen molar-refractivity contribution < 1.29 is 4.79 Å². The molecule has 3 heteroatoms. The smallest absolute Gasteiger partial charge is 0.255 e. The molecule has 0 bridgehead atoms. The molecule has 19 heavy (non-hydrogen) atoms. The second-order valence-electron chi connectivity index (χ2n) is 5.56. The Morgan fingerprint density at radius 1 is 1.42 bits per heavy atom. The van der Waals surface area contributed by atoms with Crippen molar-refractivity contribution in [2.75, 3.05) is 25.5 Å². The summed E-state index contributed by atoms with van der Waals surface area (Å²) in [6, 6.07) is 5.99. The molecule has 1 aliphatic carbocycles. The van der Waals surface area contributed by atoms with E-state index in [4.69, 9.17) is 0 Å². The molecule has 1 fully saturated rings. The quantitative estimate of drug-likeness (QED) is 0.881. The van der Waals surface area contributed by atoms with Gasteiger partial charge in [-0.25, -0.2) is 0 Å². The standard InChI is InChI=1S/C16H24N2O/c1-4-17-15-10-12(2)8-9-14(15)16(19)18(3)11-13-6-5-7-13/h8-10,13,17H,4-7,11H2,1-3H3. The second-order valence-corrected chi connectivity index (χ2v) is 5.56. The molecule has 2 rings (SSSR count). The van der Waals surface area contributed by atoms with Crippen LogP contribution < -0.4 is 5.32 Å². The van der Waals surface area contributed by atoms with Gasteiger partial charge in [-0.1, -0.05) is 12.5 Å². The highest BCUT2D eigenvalue weighted by molar-refractivity contribution is 5.99. The molecule has 1 aromatic rings. The van der Waals surface area contributed by atoms with Gasteiger partial charge in [0.2, 0.25) is 0 Å². The molecule has 104 valence electrons. The van der Waals surface area contributed by atoms with Crippen LogP contribution in [-0.4, -0.2) is 30.9 Å². The Kier molecular flexibility index (Phi) is 4.46. The molecule has 0 atom stereocenters. The molecule has 3 nitrogen and oxygen atoms in total. The Morgan fingerprint density at radius 2 is 2.16 bits per heavy atom. The Bertz CT molecular complexity index is 452. The van der Waals surface area contributed by atoms with Crippen LogP contribution in [0.25, 0.3) is 0 Å². The number of carbonyl (C=O) groups excluding carboxylic acids is 1. The summed E-state index contributed by atoms with van der Waals surface area (Å²) in [6.07, 6.45) is 3.86. The summed E-state index contributed by atoms with van der Waals surface area (Å²) in [5.41, 5.74) is 2.91. The Morgan fingerprint density at radius 3 is 2.74 bits per heavy atom. The van der Waals surface area contributed by atoms with Gasteiger partial charge in [0.25, 0.3) is 5.91 Å². The summed E-state index contributed by atoms with van der Waals surface area (Å²) in [5.74, 6) is 0.838. The first kappa shape index (κ1) is 13.9. The van der Waals surface area contributed by atoms with E-state index in [2.05, 4.69) is 12.2 Å². The van der Waals surface area contributed by atoms with E-state index in [-0.39, 0.29) is 5.91 Å². The van der Waals surface area contributed by atoms with E-state index in [1.165, 1.54) is 24.8 Å². The summed E-state index contributed by atoms with van der Waals surface area (Å²) in [5, 5.41) is 3.29. The van der Waals surface area contributed by atoms with Gasteiger partial charge in [-0.15, -0.1) is 0 Å². The van der Waals surface area contributed by atoms with Crippen LogP contribution in [0.4, 0.5) is 5.69 Å². The van der Waals surface area contributed by atoms with Gasteiger partial charge < -0.3 is 10.2 Å². The predicted octanol–water partition coefficient (Wildman–Crippen LogP) is 3.30. The molecule has 1 N–H and O–H groups in total. The lowest BCUT2D eigenvalue weighted by Crippen LogP contribution is -2.34. The first-order chi connectivity index (χ1) is 9.11. The van der Waals surface area contributed by atoms with E-state index >= 15 is 0 Å². The predicted molar refractivity (Wildman–Crippen MR) is 79.6 cm³/mol. The fourth-order valence-electron chi connectivity index (χ4n) is 2.53. The average molecular weight is 260 g/mol. The molecule has 0 aliphatic heterocycles. The highest BCUT2D eigenvalue weighted by Gasteiger charge is 2.23. The van der Waals surface area contributed by atoms with Crippen molar-refractivity contribution in [3.05, 3.63) is 29.3 Å². The molecular weight excluding hydrogens is 236 g/mol. The minimum atomic E-state index is 0.128. The number of rotatable bonds is 5. The molecule has 0 aromatic heterocycles. The monoisotopic (exact) mass is 260 g/mol. The third-order valence-electron chi connectivity index (χ3n) is 3.88. The van der Waals surface area contributed by atoms with Gasteiger partial charge in [0.1, 0.15) is 0 Å². The first-order valence-corrected chi connectivity index (χ1v) is 7.21. The number of aryl methyl sites for hydroxylation is 1. The van der Waals surface area contributed by atoms with E-state index < -0.39 is 0 Å². The van der Waals surface area contributed by atoms with E-state index in [1.54, 1.807) is 0 Å². The number of nitrogens with one attached hydrogen (secondary N) is 1. The van der Waals surface area contributed by atoms with E-state index in [0.29, 0.717) is 5.92 Å². The zero-order valence-corrected chi connectivity index (χ0v) is 12.2. The Hall–Kier alpha value is -1.51. The number of benzene rings is 1. The van der Waals surface area contributed by atoms with Gasteiger partial charge in [-0.2, -0.15) is 0 Å². The zero-order chi connectivity index (χ0) is 13.8. The highest BCUT2D eigenvalue weighted by Crippen LogP contribution is 2.27. The molecule has 1 amide bonds. The lowest BCUT2D eigenvalue weighted by molar-refractivity contribution is 0.0746. The molecule has 0 unspecified atom stereocenters. The summed E-state index contributed by atoms with van der Waals surface area (Å²) in [7, 11) is 1.91. The maximum atomic E-state index is 12.5. The maximum absolute atomic E-state index is 12.5. The fourth-order valence-corrected chi connectivity index (χ4v) is 2.53. The molecule has 0 spiro atoms. The third-order valence-corrected chi connectivity index (χ3v) is 3.88. The number of nitrogens with zero attached hydrogens (tertiary/aromatic N) is 1. The van der Waals surface area contributed by atoms with Crippen LogP contribution in [0.3, 0.4) is 0 Å². The van der Waals surface area contributed by atoms with Crippen LogP contribution in [0.15, 0.2) is 18.2 Å². The van der Waals surface area contributed by atoms with Crippen molar-refractivity contribution in [3.8, 4) is 0 Å². The SMILES string of the molecule is CCNc1cc(C)ccc1C(=O)N(C)CC1CCC1. The Labute approximate surface area is 116 Å². The van der Waals surface area contributed by atoms with Crippen molar-refractivity contribution in [1.82, 2.24) is 4.90 Å². The molecule has 1 saturated carbocycles. The minimum Gasteiger partial charge on any atom is -0.385 e. The lowest BCUT2D eigenvalue weighted by Gasteiger charge is -2.30. The summed E-state index contributed by atoms with van der Waals surface area (Å²) in [4.78, 5) is 14.4. The van der Waals surface area contributed by atoms with Gasteiger partial charge >= 0.3 is 0 Å². The molecule has 1 aromatic carbocycles. The summed E-state index contributed by atoms with van der Waals surface area (Å²) in [6.45, 7) is 5.82.